The number of rotatable bonds is 12. The lowest BCUT2D eigenvalue weighted by Crippen LogP contribution is -2.45. The Morgan fingerprint density at radius 1 is 1.18 bits per heavy atom. The number of hydrazone groups is 1. The normalized spacial score (nSPS) is 14.6. The number of nitrogens with one attached hydrogen (secondary N) is 3. The van der Waals surface area contributed by atoms with E-state index in [0.717, 1.165) is 3.57 Å². The fourth-order valence-corrected chi connectivity index (χ4v) is 4.83. The molecule has 1 aliphatic rings. The number of benzene rings is 2. The predicted octanol–water partition coefficient (Wildman–Crippen LogP) is 3.48. The van der Waals surface area contributed by atoms with Gasteiger partial charge in [0.2, 0.25) is 0 Å². The molecule has 0 saturated heterocycles. The number of carbonyl (C=O) groups is 2. The Morgan fingerprint density at radius 3 is 2.67 bits per heavy atom. The van der Waals surface area contributed by atoms with Crippen LogP contribution in [-0.2, 0) is 14.3 Å². The number of halogens is 1. The van der Waals surface area contributed by atoms with Crippen molar-refractivity contribution in [2.45, 2.75) is 26.8 Å². The molecular formula is C27H28IN5O6S. The second-order valence-electron chi connectivity index (χ2n) is 8.12. The summed E-state index contributed by atoms with van der Waals surface area (Å²) in [7, 11) is 0. The van der Waals surface area contributed by atoms with Gasteiger partial charge < -0.3 is 29.6 Å². The Labute approximate surface area is 251 Å². The Kier molecular flexibility index (Phi) is 11.5. The summed E-state index contributed by atoms with van der Waals surface area (Å²) in [5, 5.41) is 19.2. The van der Waals surface area contributed by atoms with Gasteiger partial charge in [0.05, 0.1) is 34.6 Å². The van der Waals surface area contributed by atoms with Gasteiger partial charge in [0.15, 0.2) is 29.8 Å². The van der Waals surface area contributed by atoms with E-state index >= 15 is 0 Å². The molecule has 1 heterocycles. The van der Waals surface area contributed by atoms with Crippen LogP contribution in [0, 0.1) is 14.9 Å². The average Bonchev–Trinajstić information content (AvgIpc) is 2.91. The van der Waals surface area contributed by atoms with E-state index in [9.17, 15) is 9.59 Å². The summed E-state index contributed by atoms with van der Waals surface area (Å²) in [5.41, 5.74) is 4.64. The minimum absolute atomic E-state index is 0.108. The highest BCUT2D eigenvalue weighted by atomic mass is 127. The molecule has 13 heteroatoms. The number of esters is 1. The van der Waals surface area contributed by atoms with E-state index in [1.807, 2.05) is 13.0 Å². The van der Waals surface area contributed by atoms with Gasteiger partial charge in [0.1, 0.15) is 11.8 Å². The van der Waals surface area contributed by atoms with Crippen molar-refractivity contribution in [1.82, 2.24) is 16.1 Å². The van der Waals surface area contributed by atoms with Crippen LogP contribution < -0.4 is 30.3 Å². The monoisotopic (exact) mass is 677 g/mol. The molecule has 2 aromatic carbocycles. The van der Waals surface area contributed by atoms with E-state index in [4.69, 9.17) is 36.4 Å². The molecule has 40 heavy (non-hydrogen) atoms. The molecule has 0 aliphatic carbocycles. The molecule has 0 saturated carbocycles. The molecule has 1 amide bonds. The van der Waals surface area contributed by atoms with Crippen molar-refractivity contribution < 1.29 is 28.5 Å². The van der Waals surface area contributed by atoms with Gasteiger partial charge in [-0.25, -0.2) is 10.2 Å². The Hall–Kier alpha value is -3.90. The first-order valence-electron chi connectivity index (χ1n) is 12.2. The minimum atomic E-state index is -0.632. The van der Waals surface area contributed by atoms with Gasteiger partial charge in [0, 0.05) is 11.3 Å². The van der Waals surface area contributed by atoms with Crippen molar-refractivity contribution in [1.29, 1.82) is 5.26 Å². The molecule has 0 radical (unpaired) electrons. The van der Waals surface area contributed by atoms with Gasteiger partial charge in [-0.3, -0.25) is 4.79 Å². The van der Waals surface area contributed by atoms with E-state index in [1.54, 1.807) is 50.2 Å². The molecule has 0 aromatic heterocycles. The molecular weight excluding hydrogens is 649 g/mol. The zero-order valence-corrected chi connectivity index (χ0v) is 25.1. The van der Waals surface area contributed by atoms with Crippen LogP contribution in [-0.4, -0.2) is 49.6 Å². The van der Waals surface area contributed by atoms with Crippen LogP contribution in [0.2, 0.25) is 0 Å². The van der Waals surface area contributed by atoms with E-state index in [1.165, 1.54) is 6.21 Å². The summed E-state index contributed by atoms with van der Waals surface area (Å²) in [6, 6.07) is 11.8. The van der Waals surface area contributed by atoms with Crippen molar-refractivity contribution in [2.24, 2.45) is 5.10 Å². The van der Waals surface area contributed by atoms with Crippen LogP contribution in [0.4, 0.5) is 0 Å². The van der Waals surface area contributed by atoms with E-state index in [2.05, 4.69) is 43.8 Å². The Morgan fingerprint density at radius 2 is 1.95 bits per heavy atom. The van der Waals surface area contributed by atoms with Crippen molar-refractivity contribution in [3.63, 3.8) is 0 Å². The number of carbonyl (C=O) groups excluding carboxylic acids is 2. The van der Waals surface area contributed by atoms with E-state index in [0.29, 0.717) is 51.4 Å². The van der Waals surface area contributed by atoms with Gasteiger partial charge >= 0.3 is 5.97 Å². The van der Waals surface area contributed by atoms with E-state index < -0.39 is 17.9 Å². The topological polar surface area (TPSA) is 143 Å². The lowest BCUT2D eigenvalue weighted by molar-refractivity contribution is -0.139. The van der Waals surface area contributed by atoms with Crippen LogP contribution in [0.1, 0.15) is 37.9 Å². The second kappa shape index (κ2) is 15.0. The standard InChI is InChI=1S/C27H28IN5O6S/c1-4-36-21-13-17(12-19(28)25(21)38-11-10-29)14-30-33-22(34)15-39-20-9-7-6-8-18(20)24-23(26(35)37-5-2)16(3)31-27(40)32-24/h6-9,12-14,24H,4-5,11,15H2,1-3H3,(H,33,34)(H2,31,32,40)/t24-/m1/s1. The van der Waals surface area contributed by atoms with Crippen molar-refractivity contribution in [3.05, 3.63) is 62.4 Å². The highest BCUT2D eigenvalue weighted by Gasteiger charge is 2.32. The number of amides is 1. The SMILES string of the molecule is CCOC(=O)C1=C(C)NC(=S)N[C@@H]1c1ccccc1OCC(=O)NN=Cc1cc(I)c(OCC#N)c(OCC)c1. The summed E-state index contributed by atoms with van der Waals surface area (Å²) in [6.07, 6.45) is 1.46. The first-order chi connectivity index (χ1) is 19.3. The molecule has 11 nitrogen and oxygen atoms in total. The zero-order valence-electron chi connectivity index (χ0n) is 22.1. The molecule has 3 rings (SSSR count). The molecule has 0 spiro atoms. The van der Waals surface area contributed by atoms with Crippen LogP contribution in [0.25, 0.3) is 0 Å². The fourth-order valence-electron chi connectivity index (χ4n) is 3.78. The zero-order chi connectivity index (χ0) is 29.1. The van der Waals surface area contributed by atoms with Gasteiger partial charge in [0.25, 0.3) is 5.91 Å². The van der Waals surface area contributed by atoms with Crippen LogP contribution in [0.5, 0.6) is 17.2 Å². The summed E-state index contributed by atoms with van der Waals surface area (Å²) < 4.78 is 22.9. The predicted molar refractivity (Wildman–Crippen MR) is 160 cm³/mol. The third-order valence-electron chi connectivity index (χ3n) is 5.37. The van der Waals surface area contributed by atoms with Crippen molar-refractivity contribution in [2.75, 3.05) is 26.4 Å². The maximum absolute atomic E-state index is 12.7. The number of thiocarbonyl (C=S) groups is 1. The quantitative estimate of drug-likeness (QED) is 0.101. The third kappa shape index (κ3) is 8.06. The van der Waals surface area contributed by atoms with E-state index in [-0.39, 0.29) is 19.8 Å². The highest BCUT2D eigenvalue weighted by Crippen LogP contribution is 2.35. The summed E-state index contributed by atoms with van der Waals surface area (Å²) in [4.78, 5) is 25.2. The Balaban J connectivity index is 1.70. The lowest BCUT2D eigenvalue weighted by atomic mass is 9.95. The molecule has 210 valence electrons. The van der Waals surface area contributed by atoms with Gasteiger partial charge in [-0.15, -0.1) is 0 Å². The number of hydrogen-bond acceptors (Lipinski definition) is 9. The number of nitrogens with zero attached hydrogens (tertiary/aromatic N) is 2. The van der Waals surface area contributed by atoms with Gasteiger partial charge in [-0.1, -0.05) is 18.2 Å². The van der Waals surface area contributed by atoms with Crippen LogP contribution in [0.3, 0.4) is 0 Å². The molecule has 3 N–H and O–H groups in total. The summed E-state index contributed by atoms with van der Waals surface area (Å²) >= 11 is 7.38. The largest absolute Gasteiger partial charge is 0.490 e. The smallest absolute Gasteiger partial charge is 0.338 e. The number of allylic oxidation sites excluding steroid dienone is 1. The summed E-state index contributed by atoms with van der Waals surface area (Å²) in [6.45, 7) is 5.50. The Bertz CT molecular complexity index is 1370. The number of nitriles is 1. The molecule has 1 aliphatic heterocycles. The third-order valence-corrected chi connectivity index (χ3v) is 6.39. The lowest BCUT2D eigenvalue weighted by Gasteiger charge is -2.30. The second-order valence-corrected chi connectivity index (χ2v) is 9.69. The van der Waals surface area contributed by atoms with Crippen molar-refractivity contribution in [3.8, 4) is 23.3 Å². The first-order valence-corrected chi connectivity index (χ1v) is 13.7. The maximum Gasteiger partial charge on any atom is 0.338 e. The molecule has 2 aromatic rings. The summed E-state index contributed by atoms with van der Waals surface area (Å²) in [5.74, 6) is 0.349. The molecule has 0 fully saturated rings. The average molecular weight is 678 g/mol. The highest BCUT2D eigenvalue weighted by molar-refractivity contribution is 14.1. The minimum Gasteiger partial charge on any atom is -0.490 e. The number of hydrogen-bond donors (Lipinski definition) is 3. The van der Waals surface area contributed by atoms with Crippen LogP contribution >= 0.6 is 34.8 Å². The fraction of sp³-hybridized carbons (Fsp3) is 0.296. The number of ether oxygens (including phenoxy) is 4. The van der Waals surface area contributed by atoms with Crippen molar-refractivity contribution >= 4 is 58.0 Å². The van der Waals surface area contributed by atoms with Gasteiger partial charge in [-0.2, -0.15) is 10.4 Å². The molecule has 0 unspecified atom stereocenters. The first kappa shape index (κ1) is 30.6. The van der Waals surface area contributed by atoms with Crippen LogP contribution in [0.15, 0.2) is 52.8 Å². The number of para-hydroxylation sites is 1. The van der Waals surface area contributed by atoms with Gasteiger partial charge in [-0.05, 0) is 79.3 Å². The maximum atomic E-state index is 12.7. The molecule has 0 bridgehead atoms. The molecule has 1 atom stereocenters.